The van der Waals surface area contributed by atoms with Gasteiger partial charge in [0.15, 0.2) is 0 Å². The maximum atomic E-state index is 5.84. The Morgan fingerprint density at radius 2 is 1.58 bits per heavy atom. The predicted octanol–water partition coefficient (Wildman–Crippen LogP) is 4.10. The molecular formula is C17H16N2. The summed E-state index contributed by atoms with van der Waals surface area (Å²) in [7, 11) is 0. The van der Waals surface area contributed by atoms with E-state index in [4.69, 9.17) is 5.73 Å². The molecule has 2 N–H and O–H groups in total. The third-order valence-corrected chi connectivity index (χ3v) is 3.54. The number of aromatic nitrogens is 1. The third-order valence-electron chi connectivity index (χ3n) is 3.54. The minimum Gasteiger partial charge on any atom is -0.397 e. The van der Waals surface area contributed by atoms with Crippen LogP contribution in [-0.4, -0.2) is 4.98 Å². The van der Waals surface area contributed by atoms with Crippen LogP contribution < -0.4 is 5.73 Å². The van der Waals surface area contributed by atoms with Gasteiger partial charge < -0.3 is 5.73 Å². The van der Waals surface area contributed by atoms with Crippen molar-refractivity contribution in [2.75, 3.05) is 5.73 Å². The van der Waals surface area contributed by atoms with Gasteiger partial charge in [-0.15, -0.1) is 0 Å². The Hall–Kier alpha value is -2.35. The highest BCUT2D eigenvalue weighted by atomic mass is 14.7. The fraction of sp³-hybridized carbons (Fsp3) is 0.118. The van der Waals surface area contributed by atoms with Crippen molar-refractivity contribution < 1.29 is 0 Å². The molecule has 0 saturated carbocycles. The highest BCUT2D eigenvalue weighted by Crippen LogP contribution is 2.30. The SMILES string of the molecule is Cc1nc(-c2ccc(C)c3ccccc23)ccc1N. The molecule has 0 aliphatic heterocycles. The van der Waals surface area contributed by atoms with Gasteiger partial charge in [0.1, 0.15) is 0 Å². The van der Waals surface area contributed by atoms with Gasteiger partial charge in [0, 0.05) is 5.56 Å². The first-order valence-corrected chi connectivity index (χ1v) is 6.38. The molecule has 2 aromatic carbocycles. The van der Waals surface area contributed by atoms with E-state index in [2.05, 4.69) is 48.3 Å². The maximum absolute atomic E-state index is 5.84. The lowest BCUT2D eigenvalue weighted by molar-refractivity contribution is 1.21. The van der Waals surface area contributed by atoms with Gasteiger partial charge in [-0.1, -0.05) is 36.4 Å². The summed E-state index contributed by atoms with van der Waals surface area (Å²) in [6.45, 7) is 4.07. The number of anilines is 1. The fourth-order valence-corrected chi connectivity index (χ4v) is 2.39. The molecule has 0 saturated heterocycles. The average molecular weight is 248 g/mol. The van der Waals surface area contributed by atoms with Gasteiger partial charge in [-0.05, 0) is 42.3 Å². The number of nitrogens with zero attached hydrogens (tertiary/aromatic N) is 1. The number of hydrogen-bond acceptors (Lipinski definition) is 2. The second-order valence-electron chi connectivity index (χ2n) is 4.85. The lowest BCUT2D eigenvalue weighted by Crippen LogP contribution is -1.95. The molecule has 1 heterocycles. The van der Waals surface area contributed by atoms with Gasteiger partial charge in [-0.3, -0.25) is 4.98 Å². The van der Waals surface area contributed by atoms with Crippen LogP contribution in [0.1, 0.15) is 11.3 Å². The maximum Gasteiger partial charge on any atom is 0.0713 e. The molecule has 94 valence electrons. The van der Waals surface area contributed by atoms with E-state index in [0.29, 0.717) is 0 Å². The van der Waals surface area contributed by atoms with Gasteiger partial charge in [0.05, 0.1) is 17.1 Å². The first-order chi connectivity index (χ1) is 9.16. The van der Waals surface area contributed by atoms with Crippen molar-refractivity contribution in [3.8, 4) is 11.3 Å². The Bertz CT molecular complexity index is 760. The lowest BCUT2D eigenvalue weighted by atomic mass is 9.98. The number of nitrogens with two attached hydrogens (primary N) is 1. The first-order valence-electron chi connectivity index (χ1n) is 6.38. The van der Waals surface area contributed by atoms with Crippen molar-refractivity contribution >= 4 is 16.5 Å². The van der Waals surface area contributed by atoms with E-state index >= 15 is 0 Å². The summed E-state index contributed by atoms with van der Waals surface area (Å²) in [6, 6.07) is 16.6. The molecule has 0 bridgehead atoms. The molecule has 0 aliphatic rings. The number of aryl methyl sites for hydroxylation is 2. The Kier molecular flexibility index (Phi) is 2.71. The van der Waals surface area contributed by atoms with Crippen molar-refractivity contribution in [1.29, 1.82) is 0 Å². The van der Waals surface area contributed by atoms with E-state index < -0.39 is 0 Å². The van der Waals surface area contributed by atoms with E-state index in [9.17, 15) is 0 Å². The molecule has 0 fully saturated rings. The molecule has 2 heteroatoms. The summed E-state index contributed by atoms with van der Waals surface area (Å²) in [5, 5.41) is 2.51. The van der Waals surface area contributed by atoms with Gasteiger partial charge >= 0.3 is 0 Å². The molecule has 19 heavy (non-hydrogen) atoms. The fourth-order valence-electron chi connectivity index (χ4n) is 2.39. The second kappa shape index (κ2) is 4.39. The van der Waals surface area contributed by atoms with Crippen LogP contribution in [0.15, 0.2) is 48.5 Å². The van der Waals surface area contributed by atoms with E-state index in [0.717, 1.165) is 22.6 Å². The zero-order valence-electron chi connectivity index (χ0n) is 11.1. The molecule has 0 unspecified atom stereocenters. The number of rotatable bonds is 1. The van der Waals surface area contributed by atoms with Crippen molar-refractivity contribution in [2.45, 2.75) is 13.8 Å². The number of fused-ring (bicyclic) bond motifs is 1. The van der Waals surface area contributed by atoms with E-state index in [-0.39, 0.29) is 0 Å². The van der Waals surface area contributed by atoms with Gasteiger partial charge in [0.2, 0.25) is 0 Å². The Morgan fingerprint density at radius 3 is 2.32 bits per heavy atom. The average Bonchev–Trinajstić information content (AvgIpc) is 2.43. The van der Waals surface area contributed by atoms with Crippen LogP contribution >= 0.6 is 0 Å². The number of nitrogen functional groups attached to an aromatic ring is 1. The molecule has 0 amide bonds. The van der Waals surface area contributed by atoms with Crippen LogP contribution in [0.3, 0.4) is 0 Å². The molecule has 0 aliphatic carbocycles. The molecular weight excluding hydrogens is 232 g/mol. The van der Waals surface area contributed by atoms with Crippen LogP contribution in [0, 0.1) is 13.8 Å². The zero-order valence-corrected chi connectivity index (χ0v) is 11.1. The van der Waals surface area contributed by atoms with Gasteiger partial charge in [-0.2, -0.15) is 0 Å². The number of benzene rings is 2. The highest BCUT2D eigenvalue weighted by Gasteiger charge is 2.07. The van der Waals surface area contributed by atoms with Crippen LogP contribution in [0.2, 0.25) is 0 Å². The summed E-state index contributed by atoms with van der Waals surface area (Å²) < 4.78 is 0. The standard InChI is InChI=1S/C17H16N2/c1-11-7-8-15(14-6-4-3-5-13(11)14)17-10-9-16(18)12(2)19-17/h3-10H,18H2,1-2H3. The van der Waals surface area contributed by atoms with Crippen LogP contribution in [-0.2, 0) is 0 Å². The van der Waals surface area contributed by atoms with Crippen molar-refractivity contribution in [2.24, 2.45) is 0 Å². The Morgan fingerprint density at radius 1 is 0.842 bits per heavy atom. The summed E-state index contributed by atoms with van der Waals surface area (Å²) in [4.78, 5) is 4.60. The molecule has 0 radical (unpaired) electrons. The Labute approximate surface area is 112 Å². The van der Waals surface area contributed by atoms with Crippen LogP contribution in [0.4, 0.5) is 5.69 Å². The molecule has 0 atom stereocenters. The van der Waals surface area contributed by atoms with Gasteiger partial charge in [0.25, 0.3) is 0 Å². The van der Waals surface area contributed by atoms with E-state index in [1.807, 2.05) is 19.1 Å². The molecule has 3 rings (SSSR count). The first kappa shape index (κ1) is 11.7. The summed E-state index contributed by atoms with van der Waals surface area (Å²) in [5.74, 6) is 0. The molecule has 3 aromatic rings. The van der Waals surface area contributed by atoms with E-state index in [1.165, 1.54) is 16.3 Å². The molecule has 1 aromatic heterocycles. The topological polar surface area (TPSA) is 38.9 Å². The van der Waals surface area contributed by atoms with Crippen molar-refractivity contribution in [1.82, 2.24) is 4.98 Å². The largest absolute Gasteiger partial charge is 0.397 e. The van der Waals surface area contributed by atoms with Gasteiger partial charge in [-0.25, -0.2) is 0 Å². The smallest absolute Gasteiger partial charge is 0.0713 e. The van der Waals surface area contributed by atoms with Crippen LogP contribution in [0.5, 0.6) is 0 Å². The Balaban J connectivity index is 2.31. The summed E-state index contributed by atoms with van der Waals surface area (Å²) >= 11 is 0. The second-order valence-corrected chi connectivity index (χ2v) is 4.85. The summed E-state index contributed by atoms with van der Waals surface area (Å²) in [5.41, 5.74) is 10.9. The number of hydrogen-bond donors (Lipinski definition) is 1. The molecule has 2 nitrogen and oxygen atoms in total. The highest BCUT2D eigenvalue weighted by molar-refractivity contribution is 5.97. The minimum absolute atomic E-state index is 0.736. The number of pyridine rings is 1. The van der Waals surface area contributed by atoms with Crippen molar-refractivity contribution in [3.63, 3.8) is 0 Å². The van der Waals surface area contributed by atoms with E-state index in [1.54, 1.807) is 0 Å². The normalized spacial score (nSPS) is 10.8. The zero-order chi connectivity index (χ0) is 13.4. The van der Waals surface area contributed by atoms with Crippen LogP contribution in [0.25, 0.3) is 22.0 Å². The minimum atomic E-state index is 0.736. The lowest BCUT2D eigenvalue weighted by Gasteiger charge is -2.10. The quantitative estimate of drug-likeness (QED) is 0.704. The summed E-state index contributed by atoms with van der Waals surface area (Å²) in [6.07, 6.45) is 0. The third kappa shape index (κ3) is 1.95. The van der Waals surface area contributed by atoms with Crippen molar-refractivity contribution in [3.05, 3.63) is 59.8 Å². The predicted molar refractivity (Wildman–Crippen MR) is 81.1 cm³/mol. The molecule has 0 spiro atoms. The monoisotopic (exact) mass is 248 g/mol.